The van der Waals surface area contributed by atoms with Gasteiger partial charge in [0.05, 0.1) is 0 Å². The van der Waals surface area contributed by atoms with Gasteiger partial charge >= 0.3 is 0 Å². The summed E-state index contributed by atoms with van der Waals surface area (Å²) in [6, 6.07) is 17.2. The monoisotopic (exact) mass is 218 g/mol. The molecule has 1 radical (unpaired) electrons. The second-order valence-corrected chi connectivity index (χ2v) is 4.57. The minimum atomic E-state index is 1.31. The van der Waals surface area contributed by atoms with Gasteiger partial charge in [-0.25, -0.2) is 0 Å². The largest absolute Gasteiger partial charge is 0.346 e. The standard InChI is InChI=1S/C16H12N/c1-17-14-9-5-4-8-13(14)16-12-7-3-2-6-11(12)10-15(16)17/h2-10H,1H3. The van der Waals surface area contributed by atoms with Crippen LogP contribution < -0.4 is 0 Å². The zero-order chi connectivity index (χ0) is 11.4. The SMILES string of the molecule is Cn1c2c(c3ccccc31)-c1ccccc1[CH]2. The molecule has 1 aliphatic carbocycles. The minimum absolute atomic E-state index is 1.31. The molecule has 0 unspecified atom stereocenters. The number of hydrogen-bond donors (Lipinski definition) is 0. The molecular formula is C16H12N. The molecule has 0 atom stereocenters. The van der Waals surface area contributed by atoms with E-state index in [1.54, 1.807) is 0 Å². The summed E-state index contributed by atoms with van der Waals surface area (Å²) >= 11 is 0. The Morgan fingerprint density at radius 1 is 0.882 bits per heavy atom. The summed E-state index contributed by atoms with van der Waals surface area (Å²) in [6.07, 6.45) is 2.28. The molecule has 1 aromatic heterocycles. The molecule has 2 aromatic carbocycles. The number of benzene rings is 2. The quantitative estimate of drug-likeness (QED) is 0.423. The van der Waals surface area contributed by atoms with Gasteiger partial charge in [-0.1, -0.05) is 42.5 Å². The first-order valence-electron chi connectivity index (χ1n) is 5.88. The fraction of sp³-hybridized carbons (Fsp3) is 0.0625. The topological polar surface area (TPSA) is 4.93 Å². The summed E-state index contributed by atoms with van der Waals surface area (Å²) in [5.41, 5.74) is 6.72. The summed E-state index contributed by atoms with van der Waals surface area (Å²) in [5.74, 6) is 0. The van der Waals surface area contributed by atoms with Gasteiger partial charge in [0.25, 0.3) is 0 Å². The Labute approximate surface area is 100 Å². The van der Waals surface area contributed by atoms with Crippen molar-refractivity contribution in [3.8, 4) is 11.1 Å². The third kappa shape index (κ3) is 1.04. The van der Waals surface area contributed by atoms with E-state index >= 15 is 0 Å². The van der Waals surface area contributed by atoms with Crippen LogP contribution in [-0.2, 0) is 7.05 Å². The van der Waals surface area contributed by atoms with Crippen LogP contribution in [0, 0.1) is 6.42 Å². The Hall–Kier alpha value is -2.02. The fourth-order valence-corrected chi connectivity index (χ4v) is 2.86. The van der Waals surface area contributed by atoms with Gasteiger partial charge in [0.2, 0.25) is 0 Å². The van der Waals surface area contributed by atoms with E-state index in [0.717, 1.165) is 0 Å². The molecule has 0 amide bonds. The maximum Gasteiger partial charge on any atom is 0.0486 e. The average molecular weight is 218 g/mol. The van der Waals surface area contributed by atoms with Crippen LogP contribution >= 0.6 is 0 Å². The molecule has 0 fully saturated rings. The molecule has 1 heterocycles. The van der Waals surface area contributed by atoms with Gasteiger partial charge in [0.1, 0.15) is 0 Å². The highest BCUT2D eigenvalue weighted by Crippen LogP contribution is 2.43. The second-order valence-electron chi connectivity index (χ2n) is 4.57. The van der Waals surface area contributed by atoms with E-state index in [4.69, 9.17) is 0 Å². The van der Waals surface area contributed by atoms with Crippen LogP contribution in [0.4, 0.5) is 0 Å². The summed E-state index contributed by atoms with van der Waals surface area (Å²) in [5, 5.41) is 1.35. The lowest BCUT2D eigenvalue weighted by Crippen LogP contribution is -1.92. The first kappa shape index (κ1) is 9.06. The number of nitrogens with zero attached hydrogens (tertiary/aromatic N) is 1. The Kier molecular flexibility index (Phi) is 1.60. The smallest absolute Gasteiger partial charge is 0.0486 e. The van der Waals surface area contributed by atoms with Gasteiger partial charge < -0.3 is 4.57 Å². The molecule has 0 aliphatic heterocycles. The van der Waals surface area contributed by atoms with E-state index in [9.17, 15) is 0 Å². The highest BCUT2D eigenvalue weighted by atomic mass is 15.0. The Morgan fingerprint density at radius 2 is 1.65 bits per heavy atom. The van der Waals surface area contributed by atoms with Crippen LogP contribution in [0.3, 0.4) is 0 Å². The molecule has 0 saturated carbocycles. The minimum Gasteiger partial charge on any atom is -0.346 e. The number of hydrogen-bond acceptors (Lipinski definition) is 0. The van der Waals surface area contributed by atoms with Crippen LogP contribution in [0.5, 0.6) is 0 Å². The third-order valence-corrected chi connectivity index (χ3v) is 3.67. The third-order valence-electron chi connectivity index (χ3n) is 3.67. The van der Waals surface area contributed by atoms with Crippen molar-refractivity contribution in [2.75, 3.05) is 0 Å². The van der Waals surface area contributed by atoms with Crippen molar-refractivity contribution in [3.05, 3.63) is 66.2 Å². The van der Waals surface area contributed by atoms with Crippen LogP contribution in [0.15, 0.2) is 48.5 Å². The van der Waals surface area contributed by atoms with E-state index in [1.165, 1.54) is 33.3 Å². The Morgan fingerprint density at radius 3 is 2.59 bits per heavy atom. The van der Waals surface area contributed by atoms with E-state index in [1.807, 2.05) is 0 Å². The molecule has 3 aromatic rings. The van der Waals surface area contributed by atoms with Crippen LogP contribution in [-0.4, -0.2) is 4.57 Å². The van der Waals surface area contributed by atoms with Crippen LogP contribution in [0.2, 0.25) is 0 Å². The molecule has 0 spiro atoms. The highest BCUT2D eigenvalue weighted by Gasteiger charge is 2.24. The number of aryl methyl sites for hydroxylation is 1. The summed E-state index contributed by atoms with van der Waals surface area (Å²) in [6.45, 7) is 0. The molecule has 81 valence electrons. The number of aromatic nitrogens is 1. The molecule has 0 bridgehead atoms. The first-order valence-corrected chi connectivity index (χ1v) is 5.88. The number of para-hydroxylation sites is 1. The molecular weight excluding hydrogens is 206 g/mol. The van der Waals surface area contributed by atoms with Crippen molar-refractivity contribution in [1.82, 2.24) is 4.57 Å². The molecule has 1 nitrogen and oxygen atoms in total. The number of fused-ring (bicyclic) bond motifs is 5. The van der Waals surface area contributed by atoms with Gasteiger partial charge in [-0.2, -0.15) is 0 Å². The maximum atomic E-state index is 2.28. The molecule has 4 rings (SSSR count). The molecule has 0 saturated heterocycles. The average Bonchev–Trinajstić information content (AvgIpc) is 2.88. The van der Waals surface area contributed by atoms with Crippen molar-refractivity contribution in [1.29, 1.82) is 0 Å². The van der Waals surface area contributed by atoms with Gasteiger partial charge in [0.15, 0.2) is 0 Å². The van der Waals surface area contributed by atoms with Crippen molar-refractivity contribution < 1.29 is 0 Å². The molecule has 1 heteroatoms. The van der Waals surface area contributed by atoms with Crippen molar-refractivity contribution >= 4 is 10.9 Å². The molecule has 17 heavy (non-hydrogen) atoms. The zero-order valence-corrected chi connectivity index (χ0v) is 9.64. The normalized spacial score (nSPS) is 12.8. The lowest BCUT2D eigenvalue weighted by Gasteiger charge is -2.01. The lowest BCUT2D eigenvalue weighted by atomic mass is 10.0. The number of rotatable bonds is 0. The van der Waals surface area contributed by atoms with E-state index in [0.29, 0.717) is 0 Å². The van der Waals surface area contributed by atoms with Gasteiger partial charge in [-0.3, -0.25) is 0 Å². The Bertz CT molecular complexity index is 734. The second kappa shape index (κ2) is 3.01. The van der Waals surface area contributed by atoms with Crippen molar-refractivity contribution in [3.63, 3.8) is 0 Å². The lowest BCUT2D eigenvalue weighted by molar-refractivity contribution is 0.936. The Balaban J connectivity index is 2.19. The summed E-state index contributed by atoms with van der Waals surface area (Å²) in [4.78, 5) is 0. The maximum absolute atomic E-state index is 2.28. The van der Waals surface area contributed by atoms with Crippen molar-refractivity contribution in [2.45, 2.75) is 0 Å². The van der Waals surface area contributed by atoms with E-state index < -0.39 is 0 Å². The van der Waals surface area contributed by atoms with Gasteiger partial charge in [0, 0.05) is 35.6 Å². The zero-order valence-electron chi connectivity index (χ0n) is 9.64. The first-order chi connectivity index (χ1) is 8.36. The summed E-state index contributed by atoms with van der Waals surface area (Å²) < 4.78 is 2.28. The summed E-state index contributed by atoms with van der Waals surface area (Å²) in [7, 11) is 2.14. The van der Waals surface area contributed by atoms with Crippen LogP contribution in [0.1, 0.15) is 11.3 Å². The predicted molar refractivity (Wildman–Crippen MR) is 70.9 cm³/mol. The van der Waals surface area contributed by atoms with Gasteiger partial charge in [-0.05, 0) is 17.2 Å². The highest BCUT2D eigenvalue weighted by molar-refractivity contribution is 6.02. The van der Waals surface area contributed by atoms with Crippen molar-refractivity contribution in [2.24, 2.45) is 7.05 Å². The van der Waals surface area contributed by atoms with Gasteiger partial charge in [-0.15, -0.1) is 0 Å². The van der Waals surface area contributed by atoms with Crippen LogP contribution in [0.25, 0.3) is 22.0 Å². The predicted octanol–water partition coefficient (Wildman–Crippen LogP) is 3.76. The molecule has 1 aliphatic rings. The fourth-order valence-electron chi connectivity index (χ4n) is 2.86. The molecule has 0 N–H and O–H groups in total. The van der Waals surface area contributed by atoms with E-state index in [2.05, 4.69) is 66.6 Å². The van der Waals surface area contributed by atoms with E-state index in [-0.39, 0.29) is 0 Å².